The summed E-state index contributed by atoms with van der Waals surface area (Å²) in [4.78, 5) is 0. The molecule has 0 heterocycles. The van der Waals surface area contributed by atoms with E-state index in [2.05, 4.69) is 64.6 Å². The predicted molar refractivity (Wildman–Crippen MR) is 91.2 cm³/mol. The Balaban J connectivity index is 1.88. The van der Waals surface area contributed by atoms with Gasteiger partial charge >= 0.3 is 0 Å². The van der Waals surface area contributed by atoms with Crippen molar-refractivity contribution >= 4 is 21.6 Å². The topological polar surface area (TPSA) is 21.3 Å². The molecule has 0 amide bonds. The molecule has 21 heavy (non-hydrogen) atoms. The third-order valence-corrected chi connectivity index (χ3v) is 4.68. The highest BCUT2D eigenvalue weighted by atomic mass is 79.9. The van der Waals surface area contributed by atoms with Crippen LogP contribution in [-0.4, -0.2) is 7.11 Å². The van der Waals surface area contributed by atoms with E-state index < -0.39 is 0 Å². The standard InChI is InChI=1S/C18H20BrNO/c1-12-10-14(19)6-9-17(12)20-18-5-3-4-13-11-15(21-2)7-8-16(13)18/h6-11,18,20H,3-5H2,1-2H3. The van der Waals surface area contributed by atoms with Gasteiger partial charge in [0.25, 0.3) is 0 Å². The monoisotopic (exact) mass is 345 g/mol. The minimum atomic E-state index is 0.388. The van der Waals surface area contributed by atoms with Crippen molar-refractivity contribution in [2.45, 2.75) is 32.2 Å². The Morgan fingerprint density at radius 3 is 2.81 bits per heavy atom. The van der Waals surface area contributed by atoms with Gasteiger partial charge in [-0.2, -0.15) is 0 Å². The molecule has 0 saturated carbocycles. The summed E-state index contributed by atoms with van der Waals surface area (Å²) < 4.78 is 6.46. The number of aryl methyl sites for hydroxylation is 2. The zero-order chi connectivity index (χ0) is 14.8. The van der Waals surface area contributed by atoms with Crippen molar-refractivity contribution in [1.29, 1.82) is 0 Å². The van der Waals surface area contributed by atoms with Crippen LogP contribution in [0.3, 0.4) is 0 Å². The van der Waals surface area contributed by atoms with Gasteiger partial charge in [-0.15, -0.1) is 0 Å². The summed E-state index contributed by atoms with van der Waals surface area (Å²) in [5.41, 5.74) is 5.30. The molecule has 1 aliphatic rings. The zero-order valence-electron chi connectivity index (χ0n) is 12.4. The molecule has 0 aliphatic heterocycles. The summed E-state index contributed by atoms with van der Waals surface area (Å²) in [5, 5.41) is 3.71. The molecule has 0 radical (unpaired) electrons. The molecule has 1 atom stereocenters. The maximum Gasteiger partial charge on any atom is 0.119 e. The first kappa shape index (κ1) is 14.5. The van der Waals surface area contributed by atoms with Crippen molar-refractivity contribution in [2.24, 2.45) is 0 Å². The number of hydrogen-bond acceptors (Lipinski definition) is 2. The molecule has 0 aromatic heterocycles. The molecule has 110 valence electrons. The number of methoxy groups -OCH3 is 1. The fraction of sp³-hybridized carbons (Fsp3) is 0.333. The average molecular weight is 346 g/mol. The molecule has 0 saturated heterocycles. The maximum atomic E-state index is 5.34. The molecular formula is C18H20BrNO. The molecule has 2 nitrogen and oxygen atoms in total. The minimum absolute atomic E-state index is 0.388. The summed E-state index contributed by atoms with van der Waals surface area (Å²) in [6, 6.07) is 13.2. The van der Waals surface area contributed by atoms with Crippen LogP contribution in [0.4, 0.5) is 5.69 Å². The van der Waals surface area contributed by atoms with E-state index in [0.29, 0.717) is 6.04 Å². The quantitative estimate of drug-likeness (QED) is 0.819. The number of hydrogen-bond donors (Lipinski definition) is 1. The van der Waals surface area contributed by atoms with Gasteiger partial charge < -0.3 is 10.1 Å². The van der Waals surface area contributed by atoms with Crippen molar-refractivity contribution in [1.82, 2.24) is 0 Å². The van der Waals surface area contributed by atoms with Crippen molar-refractivity contribution in [3.05, 3.63) is 57.6 Å². The molecule has 0 bridgehead atoms. The van der Waals surface area contributed by atoms with Crippen LogP contribution in [-0.2, 0) is 6.42 Å². The second-order valence-corrected chi connectivity index (χ2v) is 6.53. The van der Waals surface area contributed by atoms with E-state index in [0.717, 1.165) is 16.6 Å². The largest absolute Gasteiger partial charge is 0.497 e. The Bertz CT molecular complexity index is 654. The van der Waals surface area contributed by atoms with E-state index in [-0.39, 0.29) is 0 Å². The predicted octanol–water partition coefficient (Wildman–Crippen LogP) is 5.26. The average Bonchev–Trinajstić information content (AvgIpc) is 2.49. The maximum absolute atomic E-state index is 5.34. The van der Waals surface area contributed by atoms with Crippen LogP contribution in [0.25, 0.3) is 0 Å². The Hall–Kier alpha value is -1.48. The van der Waals surface area contributed by atoms with Crippen LogP contribution in [0.5, 0.6) is 5.75 Å². The highest BCUT2D eigenvalue weighted by Gasteiger charge is 2.20. The Morgan fingerprint density at radius 2 is 2.05 bits per heavy atom. The minimum Gasteiger partial charge on any atom is -0.497 e. The van der Waals surface area contributed by atoms with Crippen molar-refractivity contribution in [2.75, 3.05) is 12.4 Å². The first-order valence-electron chi connectivity index (χ1n) is 7.37. The van der Waals surface area contributed by atoms with Crippen LogP contribution < -0.4 is 10.1 Å². The lowest BCUT2D eigenvalue weighted by Gasteiger charge is -2.28. The second-order valence-electron chi connectivity index (χ2n) is 5.61. The number of rotatable bonds is 3. The van der Waals surface area contributed by atoms with Crippen LogP contribution in [0.1, 0.15) is 35.6 Å². The number of benzene rings is 2. The van der Waals surface area contributed by atoms with Gasteiger partial charge in [0.15, 0.2) is 0 Å². The van der Waals surface area contributed by atoms with E-state index in [1.807, 2.05) is 0 Å². The molecule has 0 fully saturated rings. The number of ether oxygens (including phenoxy) is 1. The molecule has 1 aliphatic carbocycles. The lowest BCUT2D eigenvalue weighted by atomic mass is 9.87. The SMILES string of the molecule is COc1ccc2c(c1)CCCC2Nc1ccc(Br)cc1C. The molecule has 2 aromatic rings. The zero-order valence-corrected chi connectivity index (χ0v) is 14.0. The fourth-order valence-electron chi connectivity index (χ4n) is 3.04. The van der Waals surface area contributed by atoms with Gasteiger partial charge in [-0.25, -0.2) is 0 Å². The van der Waals surface area contributed by atoms with E-state index in [4.69, 9.17) is 4.74 Å². The number of halogens is 1. The normalized spacial score (nSPS) is 17.2. The van der Waals surface area contributed by atoms with E-state index in [9.17, 15) is 0 Å². The first-order valence-corrected chi connectivity index (χ1v) is 8.16. The van der Waals surface area contributed by atoms with Crippen LogP contribution in [0.15, 0.2) is 40.9 Å². The summed E-state index contributed by atoms with van der Waals surface area (Å²) in [5.74, 6) is 0.953. The van der Waals surface area contributed by atoms with Gasteiger partial charge in [-0.1, -0.05) is 22.0 Å². The van der Waals surface area contributed by atoms with Gasteiger partial charge in [0.05, 0.1) is 13.2 Å². The Labute approximate surface area is 134 Å². The van der Waals surface area contributed by atoms with Crippen LogP contribution in [0, 0.1) is 6.92 Å². The number of fused-ring (bicyclic) bond motifs is 1. The Morgan fingerprint density at radius 1 is 1.19 bits per heavy atom. The molecule has 1 N–H and O–H groups in total. The molecule has 0 spiro atoms. The van der Waals surface area contributed by atoms with Crippen LogP contribution >= 0.6 is 15.9 Å². The van der Waals surface area contributed by atoms with E-state index >= 15 is 0 Å². The first-order chi connectivity index (χ1) is 10.2. The fourth-order valence-corrected chi connectivity index (χ4v) is 3.52. The van der Waals surface area contributed by atoms with Crippen molar-refractivity contribution in [3.8, 4) is 5.75 Å². The van der Waals surface area contributed by atoms with Gasteiger partial charge in [0.1, 0.15) is 5.75 Å². The summed E-state index contributed by atoms with van der Waals surface area (Å²) >= 11 is 3.52. The lowest BCUT2D eigenvalue weighted by molar-refractivity contribution is 0.413. The van der Waals surface area contributed by atoms with Gasteiger partial charge in [-0.3, -0.25) is 0 Å². The highest BCUT2D eigenvalue weighted by Crippen LogP contribution is 2.35. The summed E-state index contributed by atoms with van der Waals surface area (Å²) in [6.07, 6.45) is 3.53. The summed E-state index contributed by atoms with van der Waals surface area (Å²) in [7, 11) is 1.73. The smallest absolute Gasteiger partial charge is 0.119 e. The molecule has 3 rings (SSSR count). The molecular weight excluding hydrogens is 326 g/mol. The third kappa shape index (κ3) is 3.08. The second kappa shape index (κ2) is 6.10. The van der Waals surface area contributed by atoms with Crippen molar-refractivity contribution in [3.63, 3.8) is 0 Å². The summed E-state index contributed by atoms with van der Waals surface area (Å²) in [6.45, 7) is 2.14. The molecule has 1 unspecified atom stereocenters. The highest BCUT2D eigenvalue weighted by molar-refractivity contribution is 9.10. The van der Waals surface area contributed by atoms with E-state index in [1.54, 1.807) is 7.11 Å². The molecule has 3 heteroatoms. The number of nitrogens with one attached hydrogen (secondary N) is 1. The van der Waals surface area contributed by atoms with Crippen molar-refractivity contribution < 1.29 is 4.74 Å². The molecule has 2 aromatic carbocycles. The van der Waals surface area contributed by atoms with Gasteiger partial charge in [-0.05, 0) is 73.2 Å². The lowest BCUT2D eigenvalue weighted by Crippen LogP contribution is -2.17. The van der Waals surface area contributed by atoms with E-state index in [1.165, 1.54) is 35.2 Å². The third-order valence-electron chi connectivity index (χ3n) is 4.18. The number of anilines is 1. The van der Waals surface area contributed by atoms with Crippen LogP contribution in [0.2, 0.25) is 0 Å². The Kier molecular flexibility index (Phi) is 4.20. The van der Waals surface area contributed by atoms with Gasteiger partial charge in [0, 0.05) is 10.2 Å². The van der Waals surface area contributed by atoms with Gasteiger partial charge in [0.2, 0.25) is 0 Å².